The van der Waals surface area contributed by atoms with Crippen molar-refractivity contribution in [2.75, 3.05) is 37.6 Å². The normalized spacial score (nSPS) is 17.0. The number of hydrogen-bond acceptors (Lipinski definition) is 5. The van der Waals surface area contributed by atoms with Crippen LogP contribution in [0, 0.1) is 5.41 Å². The molecule has 0 amide bonds. The zero-order valence-electron chi connectivity index (χ0n) is 12.4. The van der Waals surface area contributed by atoms with Crippen LogP contribution in [-0.2, 0) is 0 Å². The summed E-state index contributed by atoms with van der Waals surface area (Å²) in [5.41, 5.74) is 5.35. The van der Waals surface area contributed by atoms with Gasteiger partial charge in [0.25, 0.3) is 0 Å². The number of amidine groups is 1. The van der Waals surface area contributed by atoms with Crippen LogP contribution in [-0.4, -0.2) is 59.2 Å². The quantitative estimate of drug-likeness (QED) is 0.568. The summed E-state index contributed by atoms with van der Waals surface area (Å²) in [5, 5.41) is 17.8. The molecule has 21 heavy (non-hydrogen) atoms. The lowest BCUT2D eigenvalue weighted by molar-refractivity contribution is 0.0344. The van der Waals surface area contributed by atoms with Gasteiger partial charge in [0, 0.05) is 44.5 Å². The van der Waals surface area contributed by atoms with E-state index in [1.165, 1.54) is 0 Å². The Morgan fingerprint density at radius 3 is 2.57 bits per heavy atom. The van der Waals surface area contributed by atoms with Crippen molar-refractivity contribution in [3.05, 3.63) is 22.8 Å². The van der Waals surface area contributed by atoms with Gasteiger partial charge in [-0.05, 0) is 19.9 Å². The highest BCUT2D eigenvalue weighted by Gasteiger charge is 2.24. The predicted octanol–water partition coefficient (Wildman–Crippen LogP) is 0.912. The van der Waals surface area contributed by atoms with Gasteiger partial charge in [-0.2, -0.15) is 0 Å². The summed E-state index contributed by atoms with van der Waals surface area (Å²) < 4.78 is 0. The predicted molar refractivity (Wildman–Crippen MR) is 85.2 cm³/mol. The lowest BCUT2D eigenvalue weighted by atomic mass is 10.1. The Bertz CT molecular complexity index is 521. The average Bonchev–Trinajstić information content (AvgIpc) is 2.38. The highest BCUT2D eigenvalue weighted by atomic mass is 35.5. The fraction of sp³-hybridized carbons (Fsp3) is 0.571. The number of nitrogen functional groups attached to an aromatic ring is 1. The standard InChI is InChI=1S/C14H22ClN5O/c1-14(2,21)9-19-5-7-20(8-6-19)13-11(15)10(12(16)17)3-4-18-13/h3-4,21H,5-9H2,1-2H3,(H3,16,17). The Morgan fingerprint density at radius 2 is 2.05 bits per heavy atom. The molecule has 4 N–H and O–H groups in total. The molecule has 0 aliphatic carbocycles. The van der Waals surface area contributed by atoms with E-state index in [1.54, 1.807) is 12.3 Å². The number of nitrogens with two attached hydrogens (primary N) is 1. The van der Waals surface area contributed by atoms with E-state index in [1.807, 2.05) is 13.8 Å². The molecule has 7 heteroatoms. The zero-order valence-corrected chi connectivity index (χ0v) is 13.2. The second-order valence-electron chi connectivity index (χ2n) is 5.99. The van der Waals surface area contributed by atoms with Crippen LogP contribution in [0.1, 0.15) is 19.4 Å². The van der Waals surface area contributed by atoms with E-state index in [4.69, 9.17) is 22.7 Å². The van der Waals surface area contributed by atoms with Crippen LogP contribution in [0.5, 0.6) is 0 Å². The lowest BCUT2D eigenvalue weighted by Crippen LogP contribution is -2.50. The summed E-state index contributed by atoms with van der Waals surface area (Å²) in [5.74, 6) is 0.622. The molecule has 0 saturated carbocycles. The number of nitrogens with zero attached hydrogens (tertiary/aromatic N) is 3. The molecule has 2 rings (SSSR count). The van der Waals surface area contributed by atoms with Crippen molar-refractivity contribution in [3.63, 3.8) is 0 Å². The SMILES string of the molecule is CC(C)(O)CN1CCN(c2nccc(C(=N)N)c2Cl)CC1. The molecular formula is C14H22ClN5O. The van der Waals surface area contributed by atoms with Gasteiger partial charge in [-0.3, -0.25) is 10.3 Å². The highest BCUT2D eigenvalue weighted by Crippen LogP contribution is 2.27. The topological polar surface area (TPSA) is 89.5 Å². The molecule has 0 bridgehead atoms. The molecule has 116 valence electrons. The van der Waals surface area contributed by atoms with E-state index in [9.17, 15) is 5.11 Å². The number of rotatable bonds is 4. The van der Waals surface area contributed by atoms with Crippen molar-refractivity contribution in [1.82, 2.24) is 9.88 Å². The van der Waals surface area contributed by atoms with Crippen LogP contribution >= 0.6 is 11.6 Å². The van der Waals surface area contributed by atoms with Crippen molar-refractivity contribution in [2.45, 2.75) is 19.4 Å². The monoisotopic (exact) mass is 311 g/mol. The van der Waals surface area contributed by atoms with Gasteiger partial charge in [0.1, 0.15) is 11.7 Å². The lowest BCUT2D eigenvalue weighted by Gasteiger charge is -2.38. The van der Waals surface area contributed by atoms with E-state index >= 15 is 0 Å². The van der Waals surface area contributed by atoms with E-state index in [0.717, 1.165) is 26.2 Å². The fourth-order valence-corrected chi connectivity index (χ4v) is 2.86. The summed E-state index contributed by atoms with van der Waals surface area (Å²) in [6.45, 7) is 7.52. The van der Waals surface area contributed by atoms with Gasteiger partial charge in [-0.1, -0.05) is 11.6 Å². The molecule has 1 aromatic heterocycles. The van der Waals surface area contributed by atoms with Gasteiger partial charge in [0.15, 0.2) is 0 Å². The molecule has 2 heterocycles. The third kappa shape index (κ3) is 4.06. The number of β-amino-alcohol motifs (C(OH)–C–C–N with tert-alkyl or cyclic N) is 1. The maximum absolute atomic E-state index is 9.87. The minimum absolute atomic E-state index is 0.0516. The number of nitrogens with one attached hydrogen (secondary N) is 1. The third-order valence-electron chi connectivity index (χ3n) is 3.44. The second-order valence-corrected chi connectivity index (χ2v) is 6.36. The molecule has 0 spiro atoms. The van der Waals surface area contributed by atoms with Gasteiger partial charge in [0.2, 0.25) is 0 Å². The number of halogens is 1. The summed E-state index contributed by atoms with van der Waals surface area (Å²) in [7, 11) is 0. The Morgan fingerprint density at radius 1 is 1.43 bits per heavy atom. The summed E-state index contributed by atoms with van der Waals surface area (Å²) >= 11 is 6.30. The Kier molecular flexibility index (Phi) is 4.70. The maximum atomic E-state index is 9.87. The summed E-state index contributed by atoms with van der Waals surface area (Å²) in [6.07, 6.45) is 1.63. The van der Waals surface area contributed by atoms with Gasteiger partial charge in [-0.25, -0.2) is 4.98 Å². The maximum Gasteiger partial charge on any atom is 0.148 e. The van der Waals surface area contributed by atoms with E-state index in [0.29, 0.717) is 22.9 Å². The van der Waals surface area contributed by atoms with Crippen LogP contribution in [0.3, 0.4) is 0 Å². The minimum Gasteiger partial charge on any atom is -0.389 e. The first-order chi connectivity index (χ1) is 9.78. The smallest absolute Gasteiger partial charge is 0.148 e. The molecule has 0 radical (unpaired) electrons. The molecule has 0 aromatic carbocycles. The van der Waals surface area contributed by atoms with Crippen LogP contribution in [0.4, 0.5) is 5.82 Å². The molecule has 1 aromatic rings. The number of anilines is 1. The van der Waals surface area contributed by atoms with Crippen LogP contribution in [0.25, 0.3) is 0 Å². The number of hydrogen-bond donors (Lipinski definition) is 3. The number of piperazine rings is 1. The molecule has 1 aliphatic heterocycles. The van der Waals surface area contributed by atoms with Crippen molar-refractivity contribution in [3.8, 4) is 0 Å². The molecule has 6 nitrogen and oxygen atoms in total. The highest BCUT2D eigenvalue weighted by molar-refractivity contribution is 6.36. The summed E-state index contributed by atoms with van der Waals surface area (Å²) in [6, 6.07) is 1.65. The van der Waals surface area contributed by atoms with Gasteiger partial charge in [-0.15, -0.1) is 0 Å². The van der Waals surface area contributed by atoms with Crippen LogP contribution in [0.15, 0.2) is 12.3 Å². The van der Waals surface area contributed by atoms with Crippen molar-refractivity contribution >= 4 is 23.3 Å². The van der Waals surface area contributed by atoms with Crippen molar-refractivity contribution < 1.29 is 5.11 Å². The van der Waals surface area contributed by atoms with Crippen molar-refractivity contribution in [1.29, 1.82) is 5.41 Å². The van der Waals surface area contributed by atoms with Crippen molar-refractivity contribution in [2.24, 2.45) is 5.73 Å². The Balaban J connectivity index is 2.06. The largest absolute Gasteiger partial charge is 0.389 e. The summed E-state index contributed by atoms with van der Waals surface area (Å²) in [4.78, 5) is 8.63. The number of pyridine rings is 1. The minimum atomic E-state index is -0.688. The van der Waals surface area contributed by atoms with Gasteiger partial charge < -0.3 is 15.7 Å². The Hall–Kier alpha value is -1.37. The fourth-order valence-electron chi connectivity index (χ4n) is 2.53. The molecular weight excluding hydrogens is 290 g/mol. The van der Waals surface area contributed by atoms with E-state index in [-0.39, 0.29) is 5.84 Å². The van der Waals surface area contributed by atoms with Crippen LogP contribution in [0.2, 0.25) is 5.02 Å². The first kappa shape index (κ1) is 16.0. The molecule has 0 atom stereocenters. The molecule has 1 fully saturated rings. The molecule has 1 aliphatic rings. The molecule has 0 unspecified atom stereocenters. The zero-order chi connectivity index (χ0) is 15.6. The number of aromatic nitrogens is 1. The third-order valence-corrected chi connectivity index (χ3v) is 3.82. The first-order valence-electron chi connectivity index (χ1n) is 6.96. The van der Waals surface area contributed by atoms with Crippen LogP contribution < -0.4 is 10.6 Å². The van der Waals surface area contributed by atoms with Gasteiger partial charge >= 0.3 is 0 Å². The van der Waals surface area contributed by atoms with E-state index < -0.39 is 5.60 Å². The first-order valence-corrected chi connectivity index (χ1v) is 7.34. The second kappa shape index (κ2) is 6.17. The van der Waals surface area contributed by atoms with Gasteiger partial charge in [0.05, 0.1) is 10.6 Å². The van der Waals surface area contributed by atoms with E-state index in [2.05, 4.69) is 14.8 Å². The number of aliphatic hydroxyl groups is 1. The molecule has 1 saturated heterocycles. The Labute approximate surface area is 130 Å². The average molecular weight is 312 g/mol.